The predicted molar refractivity (Wildman–Crippen MR) is 99.6 cm³/mol. The number of rotatable bonds is 7. The van der Waals surface area contributed by atoms with Gasteiger partial charge in [-0.25, -0.2) is 4.39 Å². The number of quaternary nitrogens is 1. The number of anilines is 1. The molecule has 3 nitrogen and oxygen atoms in total. The molecular formula is C17H23FN3S2+. The maximum absolute atomic E-state index is 13.8. The van der Waals surface area contributed by atoms with Crippen molar-refractivity contribution in [2.45, 2.75) is 13.0 Å². The molecule has 0 unspecified atom stereocenters. The molecule has 0 aliphatic carbocycles. The Morgan fingerprint density at radius 3 is 2.70 bits per heavy atom. The highest BCUT2D eigenvalue weighted by Gasteiger charge is 2.13. The van der Waals surface area contributed by atoms with Gasteiger partial charge < -0.3 is 15.1 Å². The molecule has 0 bridgehead atoms. The van der Waals surface area contributed by atoms with Crippen molar-refractivity contribution in [3.63, 3.8) is 0 Å². The third-order valence-corrected chi connectivity index (χ3v) is 4.66. The molecule has 124 valence electrons. The number of halogens is 1. The van der Waals surface area contributed by atoms with Gasteiger partial charge in [0, 0.05) is 17.8 Å². The Hall–Kier alpha value is -1.50. The Morgan fingerprint density at radius 1 is 1.26 bits per heavy atom. The lowest BCUT2D eigenvalue weighted by atomic mass is 10.3. The molecule has 0 amide bonds. The van der Waals surface area contributed by atoms with Gasteiger partial charge in [0.25, 0.3) is 0 Å². The van der Waals surface area contributed by atoms with Crippen molar-refractivity contribution >= 4 is 34.4 Å². The Labute approximate surface area is 146 Å². The average Bonchev–Trinajstić information content (AvgIpc) is 3.01. The van der Waals surface area contributed by atoms with Crippen LogP contribution >= 0.6 is 23.6 Å². The molecule has 1 aromatic carbocycles. The highest BCUT2D eigenvalue weighted by atomic mass is 32.1. The molecule has 2 N–H and O–H groups in total. The van der Waals surface area contributed by atoms with Crippen LogP contribution in [0.3, 0.4) is 0 Å². The van der Waals surface area contributed by atoms with E-state index in [2.05, 4.69) is 35.8 Å². The Kier molecular flexibility index (Phi) is 6.95. The van der Waals surface area contributed by atoms with E-state index < -0.39 is 0 Å². The summed E-state index contributed by atoms with van der Waals surface area (Å²) >= 11 is 7.22. The summed E-state index contributed by atoms with van der Waals surface area (Å²) in [5.41, 5.74) is 0.423. The first-order valence-corrected chi connectivity index (χ1v) is 8.97. The molecular weight excluding hydrogens is 329 g/mol. The van der Waals surface area contributed by atoms with Gasteiger partial charge in [0.05, 0.1) is 32.9 Å². The average molecular weight is 353 g/mol. The van der Waals surface area contributed by atoms with Crippen molar-refractivity contribution < 1.29 is 9.29 Å². The SMILES string of the molecule is C[NH+](C)CCCN(Cc1cccs1)C(=S)Nc1ccccc1F. The fourth-order valence-electron chi connectivity index (χ4n) is 2.22. The molecule has 1 heterocycles. The molecule has 0 saturated heterocycles. The fourth-order valence-corrected chi connectivity index (χ4v) is 3.21. The normalized spacial score (nSPS) is 10.8. The van der Waals surface area contributed by atoms with Gasteiger partial charge in [0.2, 0.25) is 0 Å². The second-order valence-electron chi connectivity index (χ2n) is 5.72. The van der Waals surface area contributed by atoms with Gasteiger partial charge in [0.15, 0.2) is 5.11 Å². The topological polar surface area (TPSA) is 19.7 Å². The molecule has 0 atom stereocenters. The second kappa shape index (κ2) is 8.96. The molecule has 0 fully saturated rings. The maximum Gasteiger partial charge on any atom is 0.173 e. The fraction of sp³-hybridized carbons (Fsp3) is 0.353. The molecule has 1 aromatic heterocycles. The molecule has 2 aromatic rings. The van der Waals surface area contributed by atoms with Crippen molar-refractivity contribution in [1.82, 2.24) is 4.90 Å². The molecule has 2 rings (SSSR count). The van der Waals surface area contributed by atoms with Gasteiger partial charge in [-0.15, -0.1) is 11.3 Å². The minimum Gasteiger partial charge on any atom is -0.344 e. The van der Waals surface area contributed by atoms with E-state index in [1.54, 1.807) is 29.5 Å². The summed E-state index contributed by atoms with van der Waals surface area (Å²) in [5, 5.41) is 5.67. The second-order valence-corrected chi connectivity index (χ2v) is 7.14. The standard InChI is InChI=1S/C17H22FN3S2/c1-20(2)10-6-11-21(13-14-7-5-12-23-14)17(22)19-16-9-4-3-8-15(16)18/h3-5,7-9,12H,6,10-11,13H2,1-2H3,(H,19,22)/p+1. The lowest BCUT2D eigenvalue weighted by Crippen LogP contribution is -3.05. The van der Waals surface area contributed by atoms with Gasteiger partial charge in [-0.1, -0.05) is 18.2 Å². The number of benzene rings is 1. The van der Waals surface area contributed by atoms with Gasteiger partial charge in [-0.3, -0.25) is 0 Å². The molecule has 23 heavy (non-hydrogen) atoms. The zero-order valence-electron chi connectivity index (χ0n) is 13.5. The largest absolute Gasteiger partial charge is 0.344 e. The number of hydrogen-bond acceptors (Lipinski definition) is 2. The van der Waals surface area contributed by atoms with E-state index in [1.165, 1.54) is 15.8 Å². The van der Waals surface area contributed by atoms with Crippen LogP contribution in [0.4, 0.5) is 10.1 Å². The van der Waals surface area contributed by atoms with Crippen LogP contribution in [0.2, 0.25) is 0 Å². The van der Waals surface area contributed by atoms with E-state index in [-0.39, 0.29) is 5.82 Å². The number of para-hydroxylation sites is 1. The Balaban J connectivity index is 2.02. The summed E-state index contributed by atoms with van der Waals surface area (Å²) in [6, 6.07) is 10.7. The van der Waals surface area contributed by atoms with Crippen LogP contribution in [-0.2, 0) is 6.54 Å². The van der Waals surface area contributed by atoms with Crippen LogP contribution < -0.4 is 10.2 Å². The van der Waals surface area contributed by atoms with E-state index in [9.17, 15) is 4.39 Å². The van der Waals surface area contributed by atoms with Crippen molar-refractivity contribution in [3.05, 3.63) is 52.5 Å². The van der Waals surface area contributed by atoms with Gasteiger partial charge in [0.1, 0.15) is 5.82 Å². The zero-order valence-corrected chi connectivity index (χ0v) is 15.1. The summed E-state index contributed by atoms with van der Waals surface area (Å²) in [5.74, 6) is -0.288. The van der Waals surface area contributed by atoms with Crippen LogP contribution in [0.15, 0.2) is 41.8 Å². The smallest absolute Gasteiger partial charge is 0.173 e. The Bertz CT molecular complexity index is 614. The van der Waals surface area contributed by atoms with E-state index in [0.29, 0.717) is 10.8 Å². The number of thiocarbonyl (C=S) groups is 1. The highest BCUT2D eigenvalue weighted by Crippen LogP contribution is 2.16. The van der Waals surface area contributed by atoms with Gasteiger partial charge >= 0.3 is 0 Å². The van der Waals surface area contributed by atoms with E-state index in [0.717, 1.165) is 26.1 Å². The number of hydrogen-bond donors (Lipinski definition) is 2. The van der Waals surface area contributed by atoms with Crippen LogP contribution in [0.25, 0.3) is 0 Å². The van der Waals surface area contributed by atoms with Crippen molar-refractivity contribution in [1.29, 1.82) is 0 Å². The maximum atomic E-state index is 13.8. The van der Waals surface area contributed by atoms with E-state index in [1.807, 2.05) is 6.07 Å². The molecule has 0 spiro atoms. The molecule has 6 heteroatoms. The van der Waals surface area contributed by atoms with Crippen LogP contribution in [-0.4, -0.2) is 37.2 Å². The van der Waals surface area contributed by atoms with Gasteiger partial charge in [-0.05, 0) is 35.8 Å². The number of nitrogens with one attached hydrogen (secondary N) is 2. The Morgan fingerprint density at radius 2 is 2.04 bits per heavy atom. The van der Waals surface area contributed by atoms with E-state index >= 15 is 0 Å². The van der Waals surface area contributed by atoms with Gasteiger partial charge in [-0.2, -0.15) is 0 Å². The minimum atomic E-state index is -0.288. The lowest BCUT2D eigenvalue weighted by molar-refractivity contribution is -0.858. The van der Waals surface area contributed by atoms with E-state index in [4.69, 9.17) is 12.2 Å². The zero-order chi connectivity index (χ0) is 16.7. The monoisotopic (exact) mass is 352 g/mol. The minimum absolute atomic E-state index is 0.288. The quantitative estimate of drug-likeness (QED) is 0.748. The molecule has 0 saturated carbocycles. The third kappa shape index (κ3) is 5.89. The predicted octanol–water partition coefficient (Wildman–Crippen LogP) is 2.62. The molecule has 0 aliphatic heterocycles. The van der Waals surface area contributed by atoms with Crippen molar-refractivity contribution in [2.75, 3.05) is 32.5 Å². The highest BCUT2D eigenvalue weighted by molar-refractivity contribution is 7.80. The first-order chi connectivity index (χ1) is 11.1. The van der Waals surface area contributed by atoms with Crippen LogP contribution in [0.1, 0.15) is 11.3 Å². The lowest BCUT2D eigenvalue weighted by Gasteiger charge is -2.25. The summed E-state index contributed by atoms with van der Waals surface area (Å²) < 4.78 is 13.8. The number of thiophene rings is 1. The summed E-state index contributed by atoms with van der Waals surface area (Å²) in [6.07, 6.45) is 1.03. The van der Waals surface area contributed by atoms with Crippen LogP contribution in [0, 0.1) is 5.82 Å². The first kappa shape index (κ1) is 17.8. The third-order valence-electron chi connectivity index (χ3n) is 3.43. The first-order valence-electron chi connectivity index (χ1n) is 7.68. The summed E-state index contributed by atoms with van der Waals surface area (Å²) in [6.45, 7) is 2.67. The molecule has 0 aliphatic rings. The van der Waals surface area contributed by atoms with Crippen molar-refractivity contribution in [2.24, 2.45) is 0 Å². The molecule has 0 radical (unpaired) electrons. The summed E-state index contributed by atoms with van der Waals surface area (Å²) in [4.78, 5) is 4.77. The van der Waals surface area contributed by atoms with Crippen LogP contribution in [0.5, 0.6) is 0 Å². The number of nitrogens with zero attached hydrogens (tertiary/aromatic N) is 1. The summed E-state index contributed by atoms with van der Waals surface area (Å²) in [7, 11) is 4.28. The van der Waals surface area contributed by atoms with Crippen molar-refractivity contribution in [3.8, 4) is 0 Å².